The van der Waals surface area contributed by atoms with Crippen molar-refractivity contribution in [2.24, 2.45) is 5.73 Å². The molecule has 0 bridgehead atoms. The summed E-state index contributed by atoms with van der Waals surface area (Å²) in [4.78, 5) is 24.8. The van der Waals surface area contributed by atoms with Gasteiger partial charge in [-0.05, 0) is 97.0 Å². The summed E-state index contributed by atoms with van der Waals surface area (Å²) in [6.45, 7) is 10.3. The van der Waals surface area contributed by atoms with Crippen molar-refractivity contribution in [3.8, 4) is 16.9 Å². The molecule has 0 fully saturated rings. The zero-order valence-electron chi connectivity index (χ0n) is 22.7. The van der Waals surface area contributed by atoms with E-state index in [-0.39, 0.29) is 6.47 Å². The standard InChI is InChI=1S/C25H22N2O2.C5H12O.CH2O2/c1-3-18-14(2)12-17-13-16(25(26)28)4-5-19(17)23(18)20-6-7-21-22-15(9-11-29-21)8-10-27-24(20)22;1-4-5(2,3)6;2-1-3/h4-8,10,12-13H,3,9,11H2,1-2H3,(H2,26,28);6H,4H2,1-3H3;1H,(H,2,3). The Bertz CT molecular complexity index is 1460. The van der Waals surface area contributed by atoms with E-state index in [1.54, 1.807) is 13.8 Å². The van der Waals surface area contributed by atoms with Gasteiger partial charge >= 0.3 is 0 Å². The second-order valence-electron chi connectivity index (χ2n) is 9.88. The molecular weight excluding hydrogens is 480 g/mol. The lowest BCUT2D eigenvalue weighted by atomic mass is 9.86. The monoisotopic (exact) mass is 516 g/mol. The van der Waals surface area contributed by atoms with Gasteiger partial charge in [0, 0.05) is 29.1 Å². The number of hydrogen-bond donors (Lipinski definition) is 3. The normalized spacial score (nSPS) is 12.1. The van der Waals surface area contributed by atoms with Gasteiger partial charge in [-0.1, -0.05) is 26.0 Å². The Morgan fingerprint density at radius 3 is 2.45 bits per heavy atom. The molecular formula is C31H36N2O5. The number of primary amides is 1. The molecule has 200 valence electrons. The van der Waals surface area contributed by atoms with E-state index in [0.717, 1.165) is 52.3 Å². The van der Waals surface area contributed by atoms with E-state index in [1.807, 2.05) is 31.3 Å². The summed E-state index contributed by atoms with van der Waals surface area (Å²) >= 11 is 0. The maximum absolute atomic E-state index is 11.7. The van der Waals surface area contributed by atoms with Gasteiger partial charge in [0.1, 0.15) is 5.75 Å². The van der Waals surface area contributed by atoms with E-state index in [2.05, 4.69) is 38.1 Å². The first-order valence-corrected chi connectivity index (χ1v) is 12.8. The highest BCUT2D eigenvalue weighted by Crippen LogP contribution is 2.42. The summed E-state index contributed by atoms with van der Waals surface area (Å²) in [5.74, 6) is 0.496. The van der Waals surface area contributed by atoms with Crippen LogP contribution in [-0.2, 0) is 17.6 Å². The van der Waals surface area contributed by atoms with Crippen molar-refractivity contribution in [3.05, 3.63) is 70.9 Å². The lowest BCUT2D eigenvalue weighted by molar-refractivity contribution is -0.122. The number of pyridine rings is 1. The number of carboxylic acid groups (broad SMARTS) is 1. The Morgan fingerprint density at radius 1 is 1.16 bits per heavy atom. The lowest BCUT2D eigenvalue weighted by Gasteiger charge is -2.22. The molecule has 1 aliphatic rings. The molecule has 7 nitrogen and oxygen atoms in total. The van der Waals surface area contributed by atoms with Crippen LogP contribution in [0.4, 0.5) is 0 Å². The van der Waals surface area contributed by atoms with Gasteiger partial charge in [0.25, 0.3) is 6.47 Å². The molecule has 0 radical (unpaired) electrons. The largest absolute Gasteiger partial charge is 0.493 e. The predicted octanol–water partition coefficient (Wildman–Crippen LogP) is 5.83. The van der Waals surface area contributed by atoms with E-state index in [1.165, 1.54) is 22.3 Å². The number of nitrogens with two attached hydrogens (primary N) is 1. The fourth-order valence-electron chi connectivity index (χ4n) is 4.61. The zero-order valence-corrected chi connectivity index (χ0v) is 22.7. The Labute approximate surface area is 223 Å². The van der Waals surface area contributed by atoms with Crippen LogP contribution in [0.25, 0.3) is 32.8 Å². The Hall–Kier alpha value is -3.97. The topological polar surface area (TPSA) is 123 Å². The van der Waals surface area contributed by atoms with Gasteiger partial charge in [-0.25, -0.2) is 0 Å². The average Bonchev–Trinajstić information content (AvgIpc) is 2.89. The minimum Gasteiger partial charge on any atom is -0.493 e. The van der Waals surface area contributed by atoms with E-state index >= 15 is 0 Å². The van der Waals surface area contributed by atoms with Crippen LogP contribution in [0.3, 0.4) is 0 Å². The maximum atomic E-state index is 11.7. The molecule has 7 heteroatoms. The fraction of sp³-hybridized carbons (Fsp3) is 0.323. The van der Waals surface area contributed by atoms with Crippen LogP contribution in [0.2, 0.25) is 0 Å². The molecule has 5 rings (SSSR count). The molecule has 0 atom stereocenters. The Kier molecular flexibility index (Phi) is 9.07. The van der Waals surface area contributed by atoms with Crippen LogP contribution < -0.4 is 10.5 Å². The fourth-order valence-corrected chi connectivity index (χ4v) is 4.61. The van der Waals surface area contributed by atoms with Crippen LogP contribution in [0, 0.1) is 6.92 Å². The number of carbonyl (C=O) groups is 2. The summed E-state index contributed by atoms with van der Waals surface area (Å²) < 4.78 is 5.90. The van der Waals surface area contributed by atoms with Crippen LogP contribution in [-0.4, -0.2) is 39.8 Å². The number of benzene rings is 3. The molecule has 1 aliphatic heterocycles. The number of rotatable bonds is 4. The van der Waals surface area contributed by atoms with Crippen molar-refractivity contribution in [2.75, 3.05) is 6.61 Å². The van der Waals surface area contributed by atoms with Crippen LogP contribution >= 0.6 is 0 Å². The SMILES string of the molecule is CCC(C)(C)O.CCc1c(C)cc2cc(C(N)=O)ccc2c1-c1ccc2c3c(ccnc13)CCO2.O=CO. The first kappa shape index (κ1) is 28.6. The highest BCUT2D eigenvalue weighted by molar-refractivity contribution is 6.09. The minimum atomic E-state index is -0.458. The predicted molar refractivity (Wildman–Crippen MR) is 152 cm³/mol. The summed E-state index contributed by atoms with van der Waals surface area (Å²) in [5.41, 5.74) is 12.6. The van der Waals surface area contributed by atoms with Gasteiger partial charge in [-0.15, -0.1) is 0 Å². The molecule has 0 aliphatic carbocycles. The van der Waals surface area contributed by atoms with E-state index in [9.17, 15) is 4.79 Å². The third-order valence-electron chi connectivity index (χ3n) is 6.81. The first-order valence-electron chi connectivity index (χ1n) is 12.8. The zero-order chi connectivity index (χ0) is 28.0. The van der Waals surface area contributed by atoms with E-state index in [4.69, 9.17) is 30.5 Å². The molecule has 38 heavy (non-hydrogen) atoms. The summed E-state index contributed by atoms with van der Waals surface area (Å²) in [6, 6.07) is 14.1. The minimum absolute atomic E-state index is 0.250. The Balaban J connectivity index is 0.000000388. The van der Waals surface area contributed by atoms with Crippen molar-refractivity contribution < 1.29 is 24.5 Å². The summed E-state index contributed by atoms with van der Waals surface area (Å²) in [7, 11) is 0. The third-order valence-corrected chi connectivity index (χ3v) is 6.81. The quantitative estimate of drug-likeness (QED) is 0.293. The number of aliphatic hydroxyl groups is 1. The first-order chi connectivity index (χ1) is 18.1. The molecule has 0 saturated heterocycles. The number of amides is 1. The average molecular weight is 517 g/mol. The summed E-state index contributed by atoms with van der Waals surface area (Å²) in [5, 5.41) is 19.0. The van der Waals surface area contributed by atoms with Crippen molar-refractivity contribution in [3.63, 3.8) is 0 Å². The molecule has 1 aromatic heterocycles. The highest BCUT2D eigenvalue weighted by atomic mass is 16.5. The van der Waals surface area contributed by atoms with Gasteiger partial charge in [0.2, 0.25) is 5.91 Å². The number of hydrogen-bond acceptors (Lipinski definition) is 5. The lowest BCUT2D eigenvalue weighted by Crippen LogP contribution is -2.15. The van der Waals surface area contributed by atoms with Crippen LogP contribution in [0.15, 0.2) is 48.7 Å². The molecule has 4 N–H and O–H groups in total. The highest BCUT2D eigenvalue weighted by Gasteiger charge is 2.21. The second kappa shape index (κ2) is 12.0. The van der Waals surface area contributed by atoms with Crippen LogP contribution in [0.5, 0.6) is 5.75 Å². The number of aryl methyl sites for hydroxylation is 1. The van der Waals surface area contributed by atoms with Gasteiger partial charge in [0.05, 0.1) is 17.7 Å². The van der Waals surface area contributed by atoms with Crippen molar-refractivity contribution in [2.45, 2.75) is 59.5 Å². The van der Waals surface area contributed by atoms with Gasteiger partial charge < -0.3 is 20.7 Å². The van der Waals surface area contributed by atoms with Crippen molar-refractivity contribution >= 4 is 34.1 Å². The molecule has 0 spiro atoms. The second-order valence-corrected chi connectivity index (χ2v) is 9.88. The van der Waals surface area contributed by atoms with Gasteiger partial charge in [0.15, 0.2) is 0 Å². The van der Waals surface area contributed by atoms with E-state index < -0.39 is 11.5 Å². The smallest absolute Gasteiger partial charge is 0.290 e. The number of carbonyl (C=O) groups excluding carboxylic acids is 1. The van der Waals surface area contributed by atoms with E-state index in [0.29, 0.717) is 12.2 Å². The van der Waals surface area contributed by atoms with Crippen molar-refractivity contribution in [1.82, 2.24) is 4.98 Å². The molecule has 4 aromatic rings. The van der Waals surface area contributed by atoms with Crippen molar-refractivity contribution in [1.29, 1.82) is 0 Å². The number of fused-ring (bicyclic) bond motifs is 1. The molecule has 1 amide bonds. The third kappa shape index (κ3) is 6.11. The number of aromatic nitrogens is 1. The van der Waals surface area contributed by atoms with Crippen LogP contribution in [0.1, 0.15) is 61.2 Å². The number of ether oxygens (including phenoxy) is 1. The molecule has 0 unspecified atom stereocenters. The molecule has 2 heterocycles. The molecule has 0 saturated carbocycles. The molecule has 3 aromatic carbocycles. The Morgan fingerprint density at radius 2 is 1.84 bits per heavy atom. The summed E-state index contributed by atoms with van der Waals surface area (Å²) in [6.07, 6.45) is 4.53. The number of nitrogens with zero attached hydrogens (tertiary/aromatic N) is 1. The maximum Gasteiger partial charge on any atom is 0.290 e. The van der Waals surface area contributed by atoms with Gasteiger partial charge in [-0.2, -0.15) is 0 Å². The van der Waals surface area contributed by atoms with Gasteiger partial charge in [-0.3, -0.25) is 14.6 Å².